The Morgan fingerprint density at radius 2 is 2.00 bits per heavy atom. The second kappa shape index (κ2) is 7.66. The van der Waals surface area contributed by atoms with Gasteiger partial charge in [0, 0.05) is 25.7 Å². The molecule has 1 aromatic carbocycles. The third-order valence-electron chi connectivity index (χ3n) is 4.49. The van der Waals surface area contributed by atoms with Gasteiger partial charge in [-0.2, -0.15) is 0 Å². The standard InChI is InChI=1S/C17H28N2/c1-2-15-9-6-10-17(13-15)19(12-11-18)14-16-7-4-3-5-8-16/h3-5,7-8,15,17H,2,6,9-14,18H2,1H3. The Labute approximate surface area is 118 Å². The molecule has 0 radical (unpaired) electrons. The van der Waals surface area contributed by atoms with Crippen molar-refractivity contribution < 1.29 is 0 Å². The third kappa shape index (κ3) is 4.32. The molecule has 2 atom stereocenters. The summed E-state index contributed by atoms with van der Waals surface area (Å²) in [6, 6.07) is 11.5. The van der Waals surface area contributed by atoms with Crippen LogP contribution in [0.4, 0.5) is 0 Å². The molecule has 2 N–H and O–H groups in total. The SMILES string of the molecule is CCC1CCCC(N(CCN)Cc2ccccc2)C1. The molecular weight excluding hydrogens is 232 g/mol. The summed E-state index contributed by atoms with van der Waals surface area (Å²) in [5.41, 5.74) is 7.23. The van der Waals surface area contributed by atoms with Gasteiger partial charge in [-0.1, -0.05) is 56.5 Å². The Kier molecular flexibility index (Phi) is 5.87. The van der Waals surface area contributed by atoms with Crippen LogP contribution in [0.1, 0.15) is 44.6 Å². The van der Waals surface area contributed by atoms with E-state index in [4.69, 9.17) is 5.73 Å². The molecule has 106 valence electrons. The third-order valence-corrected chi connectivity index (χ3v) is 4.49. The second-order valence-corrected chi connectivity index (χ2v) is 5.84. The van der Waals surface area contributed by atoms with Gasteiger partial charge in [-0.3, -0.25) is 4.90 Å². The minimum absolute atomic E-state index is 0.738. The Balaban J connectivity index is 1.98. The van der Waals surface area contributed by atoms with E-state index in [0.717, 1.165) is 31.6 Å². The first-order chi connectivity index (χ1) is 9.33. The minimum Gasteiger partial charge on any atom is -0.329 e. The molecule has 2 heteroatoms. The Bertz CT molecular complexity index is 350. The average Bonchev–Trinajstić information content (AvgIpc) is 2.48. The maximum atomic E-state index is 5.82. The molecule has 0 spiro atoms. The summed E-state index contributed by atoms with van der Waals surface area (Å²) < 4.78 is 0. The Morgan fingerprint density at radius 1 is 1.21 bits per heavy atom. The highest BCUT2D eigenvalue weighted by molar-refractivity contribution is 5.14. The highest BCUT2D eigenvalue weighted by Crippen LogP contribution is 2.30. The van der Waals surface area contributed by atoms with E-state index < -0.39 is 0 Å². The van der Waals surface area contributed by atoms with Crippen molar-refractivity contribution in [3.63, 3.8) is 0 Å². The van der Waals surface area contributed by atoms with Gasteiger partial charge in [0.25, 0.3) is 0 Å². The average molecular weight is 260 g/mol. The fraction of sp³-hybridized carbons (Fsp3) is 0.647. The van der Waals surface area contributed by atoms with Gasteiger partial charge < -0.3 is 5.73 Å². The van der Waals surface area contributed by atoms with E-state index >= 15 is 0 Å². The molecule has 2 rings (SSSR count). The molecule has 0 bridgehead atoms. The number of hydrogen-bond donors (Lipinski definition) is 1. The highest BCUT2D eigenvalue weighted by atomic mass is 15.2. The number of rotatable bonds is 6. The maximum absolute atomic E-state index is 5.82. The van der Waals surface area contributed by atoms with E-state index in [0.29, 0.717) is 0 Å². The Hall–Kier alpha value is -0.860. The lowest BCUT2D eigenvalue weighted by molar-refractivity contribution is 0.124. The molecule has 1 saturated carbocycles. The number of nitrogens with two attached hydrogens (primary N) is 1. The van der Waals surface area contributed by atoms with Gasteiger partial charge in [0.2, 0.25) is 0 Å². The van der Waals surface area contributed by atoms with Crippen LogP contribution in [0.15, 0.2) is 30.3 Å². The van der Waals surface area contributed by atoms with Crippen LogP contribution in [0, 0.1) is 5.92 Å². The van der Waals surface area contributed by atoms with Crippen LogP contribution < -0.4 is 5.73 Å². The predicted molar refractivity (Wildman–Crippen MR) is 81.9 cm³/mol. The number of hydrogen-bond acceptors (Lipinski definition) is 2. The molecule has 0 saturated heterocycles. The van der Waals surface area contributed by atoms with Crippen molar-refractivity contribution >= 4 is 0 Å². The molecule has 1 fully saturated rings. The summed E-state index contributed by atoms with van der Waals surface area (Å²) in [6.07, 6.45) is 6.86. The van der Waals surface area contributed by atoms with Crippen molar-refractivity contribution in [2.45, 2.75) is 51.6 Å². The summed E-state index contributed by atoms with van der Waals surface area (Å²) in [5.74, 6) is 0.926. The van der Waals surface area contributed by atoms with Crippen molar-refractivity contribution in [2.24, 2.45) is 11.7 Å². The summed E-state index contributed by atoms with van der Waals surface area (Å²) in [5, 5.41) is 0. The number of nitrogens with zero attached hydrogens (tertiary/aromatic N) is 1. The molecule has 2 nitrogen and oxygen atoms in total. The highest BCUT2D eigenvalue weighted by Gasteiger charge is 2.25. The molecular formula is C17H28N2. The molecule has 0 aliphatic heterocycles. The molecule has 1 aromatic rings. The summed E-state index contributed by atoms with van der Waals surface area (Å²) >= 11 is 0. The first kappa shape index (κ1) is 14.5. The van der Waals surface area contributed by atoms with Crippen molar-refractivity contribution in [1.29, 1.82) is 0 Å². The van der Waals surface area contributed by atoms with Gasteiger partial charge in [-0.05, 0) is 24.3 Å². The number of benzene rings is 1. The van der Waals surface area contributed by atoms with Crippen LogP contribution in [0.3, 0.4) is 0 Å². The molecule has 0 heterocycles. The van der Waals surface area contributed by atoms with Crippen molar-refractivity contribution in [3.8, 4) is 0 Å². The van der Waals surface area contributed by atoms with E-state index in [-0.39, 0.29) is 0 Å². The normalized spacial score (nSPS) is 23.7. The lowest BCUT2D eigenvalue weighted by atomic mass is 9.83. The topological polar surface area (TPSA) is 29.3 Å². The van der Waals surface area contributed by atoms with E-state index in [9.17, 15) is 0 Å². The van der Waals surface area contributed by atoms with E-state index in [1.54, 1.807) is 0 Å². The van der Waals surface area contributed by atoms with Crippen LogP contribution >= 0.6 is 0 Å². The van der Waals surface area contributed by atoms with Gasteiger partial charge in [0.05, 0.1) is 0 Å². The van der Waals surface area contributed by atoms with Crippen LogP contribution in [0.2, 0.25) is 0 Å². The van der Waals surface area contributed by atoms with Gasteiger partial charge in [-0.25, -0.2) is 0 Å². The van der Waals surface area contributed by atoms with Crippen molar-refractivity contribution in [3.05, 3.63) is 35.9 Å². The Morgan fingerprint density at radius 3 is 2.68 bits per heavy atom. The smallest absolute Gasteiger partial charge is 0.0237 e. The van der Waals surface area contributed by atoms with Gasteiger partial charge in [0.1, 0.15) is 0 Å². The largest absolute Gasteiger partial charge is 0.329 e. The van der Waals surface area contributed by atoms with Crippen LogP contribution in [0.5, 0.6) is 0 Å². The van der Waals surface area contributed by atoms with Gasteiger partial charge in [0.15, 0.2) is 0 Å². The molecule has 1 aliphatic carbocycles. The monoisotopic (exact) mass is 260 g/mol. The van der Waals surface area contributed by atoms with Gasteiger partial charge >= 0.3 is 0 Å². The second-order valence-electron chi connectivity index (χ2n) is 5.84. The zero-order valence-electron chi connectivity index (χ0n) is 12.2. The molecule has 19 heavy (non-hydrogen) atoms. The first-order valence-electron chi connectivity index (χ1n) is 7.81. The molecule has 0 aromatic heterocycles. The predicted octanol–water partition coefficient (Wildman–Crippen LogP) is 3.42. The van der Waals surface area contributed by atoms with Crippen LogP contribution in [-0.2, 0) is 6.54 Å². The lowest BCUT2D eigenvalue weighted by Crippen LogP contribution is -2.41. The minimum atomic E-state index is 0.738. The molecule has 0 amide bonds. The summed E-state index contributed by atoms with van der Waals surface area (Å²) in [6.45, 7) is 5.17. The zero-order valence-corrected chi connectivity index (χ0v) is 12.2. The summed E-state index contributed by atoms with van der Waals surface area (Å²) in [4.78, 5) is 2.61. The van der Waals surface area contributed by atoms with Crippen molar-refractivity contribution in [2.75, 3.05) is 13.1 Å². The molecule has 2 unspecified atom stereocenters. The maximum Gasteiger partial charge on any atom is 0.0237 e. The molecule has 1 aliphatic rings. The van der Waals surface area contributed by atoms with Crippen LogP contribution in [-0.4, -0.2) is 24.0 Å². The van der Waals surface area contributed by atoms with Crippen molar-refractivity contribution in [1.82, 2.24) is 4.90 Å². The fourth-order valence-corrected chi connectivity index (χ4v) is 3.34. The fourth-order valence-electron chi connectivity index (χ4n) is 3.34. The van der Waals surface area contributed by atoms with E-state index in [1.165, 1.54) is 37.7 Å². The quantitative estimate of drug-likeness (QED) is 0.849. The first-order valence-corrected chi connectivity index (χ1v) is 7.81. The van der Waals surface area contributed by atoms with E-state index in [1.807, 2.05) is 0 Å². The zero-order chi connectivity index (χ0) is 13.5. The lowest BCUT2D eigenvalue weighted by Gasteiger charge is -2.37. The summed E-state index contributed by atoms with van der Waals surface area (Å²) in [7, 11) is 0. The van der Waals surface area contributed by atoms with E-state index in [2.05, 4.69) is 42.2 Å². The van der Waals surface area contributed by atoms with Crippen LogP contribution in [0.25, 0.3) is 0 Å². The van der Waals surface area contributed by atoms with Gasteiger partial charge in [-0.15, -0.1) is 0 Å².